The molecular formula is C10H19N3S4. The summed E-state index contributed by atoms with van der Waals surface area (Å²) in [5, 5.41) is 6.92. The Morgan fingerprint density at radius 3 is 2.65 bits per heavy atom. The summed E-state index contributed by atoms with van der Waals surface area (Å²) in [6.45, 7) is 7.94. The largest absolute Gasteiger partial charge is 0.303 e. The number of nitrogens with zero attached hydrogens (tertiary/aromatic N) is 2. The first-order chi connectivity index (χ1) is 8.26. The van der Waals surface area contributed by atoms with Gasteiger partial charge >= 0.3 is 0 Å². The number of H-pyrrole nitrogens is 1. The molecule has 0 bridgehead atoms. The Balaban J connectivity index is 1.99. The van der Waals surface area contributed by atoms with E-state index in [4.69, 9.17) is 12.2 Å². The van der Waals surface area contributed by atoms with Crippen LogP contribution in [-0.2, 0) is 0 Å². The molecule has 0 aliphatic carbocycles. The van der Waals surface area contributed by atoms with Gasteiger partial charge in [-0.05, 0) is 25.3 Å². The van der Waals surface area contributed by atoms with Crippen molar-refractivity contribution in [3.05, 3.63) is 3.95 Å². The van der Waals surface area contributed by atoms with Gasteiger partial charge in [0.1, 0.15) is 0 Å². The van der Waals surface area contributed by atoms with Crippen LogP contribution in [0.3, 0.4) is 0 Å². The van der Waals surface area contributed by atoms with Crippen LogP contribution >= 0.6 is 47.1 Å². The second-order valence-electron chi connectivity index (χ2n) is 3.37. The van der Waals surface area contributed by atoms with E-state index in [0.29, 0.717) is 0 Å². The molecule has 1 aromatic rings. The summed E-state index contributed by atoms with van der Waals surface area (Å²) < 4.78 is 1.82. The predicted molar refractivity (Wildman–Crippen MR) is 83.1 cm³/mol. The van der Waals surface area contributed by atoms with Gasteiger partial charge in [0.15, 0.2) is 8.29 Å². The van der Waals surface area contributed by atoms with Crippen molar-refractivity contribution in [1.82, 2.24) is 15.1 Å². The van der Waals surface area contributed by atoms with E-state index in [1.807, 2.05) is 11.8 Å². The van der Waals surface area contributed by atoms with E-state index in [-0.39, 0.29) is 0 Å². The molecule has 1 heterocycles. The average molecular weight is 310 g/mol. The summed E-state index contributed by atoms with van der Waals surface area (Å²) in [6.07, 6.45) is 0. The first-order valence-corrected chi connectivity index (χ1v) is 9.11. The lowest BCUT2D eigenvalue weighted by Crippen LogP contribution is -2.25. The van der Waals surface area contributed by atoms with Gasteiger partial charge in [0, 0.05) is 23.8 Å². The van der Waals surface area contributed by atoms with Crippen molar-refractivity contribution in [2.24, 2.45) is 0 Å². The Kier molecular flexibility index (Phi) is 8.55. The highest BCUT2D eigenvalue weighted by Crippen LogP contribution is 2.21. The zero-order chi connectivity index (χ0) is 12.5. The highest BCUT2D eigenvalue weighted by atomic mass is 32.2. The molecule has 98 valence electrons. The number of rotatable bonds is 9. The zero-order valence-electron chi connectivity index (χ0n) is 10.3. The smallest absolute Gasteiger partial charge is 0.177 e. The summed E-state index contributed by atoms with van der Waals surface area (Å²) in [4.78, 5) is 2.46. The van der Waals surface area contributed by atoms with Crippen LogP contribution in [0.2, 0.25) is 0 Å². The third-order valence-corrected chi connectivity index (χ3v) is 5.77. The first kappa shape index (κ1) is 15.5. The molecule has 0 atom stereocenters. The molecule has 1 rings (SSSR count). The lowest BCUT2D eigenvalue weighted by Gasteiger charge is -2.17. The fourth-order valence-electron chi connectivity index (χ4n) is 1.30. The van der Waals surface area contributed by atoms with Crippen molar-refractivity contribution in [2.75, 3.05) is 36.9 Å². The molecule has 0 radical (unpaired) electrons. The van der Waals surface area contributed by atoms with E-state index < -0.39 is 0 Å². The number of nitrogens with one attached hydrogen (secondary N) is 1. The Labute approximate surface area is 121 Å². The Hall–Kier alpha value is 0.440. The summed E-state index contributed by atoms with van der Waals surface area (Å²) >= 11 is 10.3. The molecule has 0 aliphatic heterocycles. The monoisotopic (exact) mass is 309 g/mol. The van der Waals surface area contributed by atoms with E-state index in [1.165, 1.54) is 18.1 Å². The molecule has 0 aliphatic rings. The van der Waals surface area contributed by atoms with Crippen LogP contribution < -0.4 is 0 Å². The molecule has 0 aromatic carbocycles. The van der Waals surface area contributed by atoms with Gasteiger partial charge in [-0.2, -0.15) is 16.9 Å². The van der Waals surface area contributed by atoms with Gasteiger partial charge in [-0.15, -0.1) is 0 Å². The van der Waals surface area contributed by atoms with Gasteiger partial charge in [0.05, 0.1) is 0 Å². The Morgan fingerprint density at radius 1 is 1.29 bits per heavy atom. The topological polar surface area (TPSA) is 31.9 Å². The maximum atomic E-state index is 4.99. The second-order valence-corrected chi connectivity index (χ2v) is 7.60. The fourth-order valence-corrected chi connectivity index (χ4v) is 4.50. The van der Waals surface area contributed by atoms with Crippen LogP contribution in [0.4, 0.5) is 0 Å². The van der Waals surface area contributed by atoms with E-state index in [2.05, 4.69) is 28.9 Å². The molecule has 1 aromatic heterocycles. The maximum absolute atomic E-state index is 4.99. The Morgan fingerprint density at radius 2 is 2.06 bits per heavy atom. The normalized spacial score (nSPS) is 11.2. The van der Waals surface area contributed by atoms with Crippen LogP contribution in [0.15, 0.2) is 4.34 Å². The zero-order valence-corrected chi connectivity index (χ0v) is 13.5. The minimum Gasteiger partial charge on any atom is -0.303 e. The molecule has 0 unspecified atom stereocenters. The van der Waals surface area contributed by atoms with Crippen LogP contribution in [0.5, 0.6) is 0 Å². The maximum Gasteiger partial charge on any atom is 0.177 e. The van der Waals surface area contributed by atoms with Crippen molar-refractivity contribution < 1.29 is 0 Å². The van der Waals surface area contributed by atoms with Gasteiger partial charge < -0.3 is 4.90 Å². The van der Waals surface area contributed by atoms with Crippen LogP contribution in [0, 0.1) is 3.95 Å². The van der Waals surface area contributed by atoms with Gasteiger partial charge in [-0.3, -0.25) is 5.10 Å². The van der Waals surface area contributed by atoms with Gasteiger partial charge in [0.25, 0.3) is 0 Å². The first-order valence-electron chi connectivity index (χ1n) is 5.74. The number of hydrogen-bond donors (Lipinski definition) is 1. The van der Waals surface area contributed by atoms with Crippen molar-refractivity contribution in [1.29, 1.82) is 0 Å². The molecule has 1 N–H and O–H groups in total. The van der Waals surface area contributed by atoms with Crippen molar-refractivity contribution in [2.45, 2.75) is 18.2 Å². The molecule has 0 fully saturated rings. The Bertz CT molecular complexity index is 345. The van der Waals surface area contributed by atoms with E-state index in [1.54, 1.807) is 23.1 Å². The summed E-state index contributed by atoms with van der Waals surface area (Å²) in [5.74, 6) is 3.51. The van der Waals surface area contributed by atoms with Crippen molar-refractivity contribution in [3.63, 3.8) is 0 Å². The van der Waals surface area contributed by atoms with Gasteiger partial charge in [-0.1, -0.05) is 36.9 Å². The van der Waals surface area contributed by atoms with Crippen LogP contribution in [-0.4, -0.2) is 52.0 Å². The minimum atomic E-state index is 0.765. The van der Waals surface area contributed by atoms with E-state index in [0.717, 1.165) is 27.1 Å². The fraction of sp³-hybridized carbons (Fsp3) is 0.800. The average Bonchev–Trinajstić information content (AvgIpc) is 2.74. The highest BCUT2D eigenvalue weighted by Gasteiger charge is 2.00. The van der Waals surface area contributed by atoms with E-state index in [9.17, 15) is 0 Å². The third kappa shape index (κ3) is 6.81. The highest BCUT2D eigenvalue weighted by molar-refractivity contribution is 8.03. The number of aromatic nitrogens is 2. The second kappa shape index (κ2) is 9.38. The molecule has 3 nitrogen and oxygen atoms in total. The number of hydrogen-bond acceptors (Lipinski definition) is 6. The van der Waals surface area contributed by atoms with Crippen molar-refractivity contribution >= 4 is 47.1 Å². The van der Waals surface area contributed by atoms with E-state index >= 15 is 0 Å². The van der Waals surface area contributed by atoms with Gasteiger partial charge in [-0.25, -0.2) is 0 Å². The lowest BCUT2D eigenvalue weighted by molar-refractivity contribution is 0.324. The molecule has 0 saturated carbocycles. The molecule has 7 heteroatoms. The minimum absolute atomic E-state index is 0.765. The summed E-state index contributed by atoms with van der Waals surface area (Å²) in [7, 11) is 0. The molecule has 17 heavy (non-hydrogen) atoms. The third-order valence-electron chi connectivity index (χ3n) is 2.32. The number of aromatic amines is 1. The predicted octanol–water partition coefficient (Wildman–Crippen LogP) is 3.37. The van der Waals surface area contributed by atoms with Gasteiger partial charge in [0.2, 0.25) is 0 Å². The molecule has 0 amide bonds. The summed E-state index contributed by atoms with van der Waals surface area (Å²) in [5.41, 5.74) is 0. The molecule has 0 saturated heterocycles. The van der Waals surface area contributed by atoms with Crippen LogP contribution in [0.1, 0.15) is 13.8 Å². The quantitative estimate of drug-likeness (QED) is 0.429. The lowest BCUT2D eigenvalue weighted by atomic mass is 10.5. The number of thioether (sulfide) groups is 2. The SMILES string of the molecule is CCN(CC)CCSCCSc1n[nH]c(=S)s1. The van der Waals surface area contributed by atoms with Crippen LogP contribution in [0.25, 0.3) is 0 Å². The van der Waals surface area contributed by atoms with Crippen molar-refractivity contribution in [3.8, 4) is 0 Å². The molecular weight excluding hydrogens is 290 g/mol. The molecule has 0 spiro atoms. The summed E-state index contributed by atoms with van der Waals surface area (Å²) in [6, 6.07) is 0. The standard InChI is InChI=1S/C10H19N3S4/c1-3-13(4-2)5-6-15-7-8-16-10-12-11-9(14)17-10/h3-8H2,1-2H3,(H,11,14).